The molecule has 0 amide bonds. The van der Waals surface area contributed by atoms with Gasteiger partial charge in [-0.05, 0) is 18.4 Å². The van der Waals surface area contributed by atoms with E-state index in [0.717, 1.165) is 13.0 Å². The van der Waals surface area contributed by atoms with Crippen molar-refractivity contribution in [3.8, 4) is 12.3 Å². The Morgan fingerprint density at radius 3 is 3.17 bits per heavy atom. The van der Waals surface area contributed by atoms with Crippen molar-refractivity contribution >= 4 is 11.3 Å². The highest BCUT2D eigenvalue weighted by atomic mass is 32.1. The minimum Gasteiger partial charge on any atom is -0.309 e. The van der Waals surface area contributed by atoms with Gasteiger partial charge in [-0.3, -0.25) is 0 Å². The van der Waals surface area contributed by atoms with E-state index in [2.05, 4.69) is 35.7 Å². The summed E-state index contributed by atoms with van der Waals surface area (Å²) in [6.45, 7) is 3.05. The summed E-state index contributed by atoms with van der Waals surface area (Å²) in [5.41, 5.74) is 0. The smallest absolute Gasteiger partial charge is 0.0386 e. The van der Waals surface area contributed by atoms with Crippen LogP contribution in [-0.2, 0) is 0 Å². The molecule has 0 aliphatic carbocycles. The molecular formula is C10H13NS. The standard InChI is InChI=1S/C10H13NS/c1-3-4-7-11-9(2)10-6-5-8-12-10/h1,5-6,8-9,11H,4,7H2,2H3/t9-/m0/s1. The fourth-order valence-electron chi connectivity index (χ4n) is 0.999. The molecule has 0 radical (unpaired) electrons. The van der Waals surface area contributed by atoms with E-state index in [1.807, 2.05) is 0 Å². The number of rotatable bonds is 4. The predicted molar refractivity (Wildman–Crippen MR) is 54.2 cm³/mol. The highest BCUT2D eigenvalue weighted by molar-refractivity contribution is 7.10. The molecule has 0 spiro atoms. The lowest BCUT2D eigenvalue weighted by Crippen LogP contribution is -2.18. The average molecular weight is 179 g/mol. The second kappa shape index (κ2) is 4.97. The van der Waals surface area contributed by atoms with E-state index in [4.69, 9.17) is 6.42 Å². The van der Waals surface area contributed by atoms with E-state index in [-0.39, 0.29) is 0 Å². The van der Waals surface area contributed by atoms with Crippen LogP contribution in [0, 0.1) is 12.3 Å². The molecule has 1 atom stereocenters. The Kier molecular flexibility index (Phi) is 3.86. The Balaban J connectivity index is 2.30. The van der Waals surface area contributed by atoms with Gasteiger partial charge in [0, 0.05) is 23.9 Å². The quantitative estimate of drug-likeness (QED) is 0.553. The van der Waals surface area contributed by atoms with Crippen LogP contribution < -0.4 is 5.32 Å². The number of hydrogen-bond donors (Lipinski definition) is 1. The summed E-state index contributed by atoms with van der Waals surface area (Å²) in [5, 5.41) is 5.45. The summed E-state index contributed by atoms with van der Waals surface area (Å²) in [6, 6.07) is 4.63. The third-order valence-corrected chi connectivity index (χ3v) is 2.74. The molecule has 0 aliphatic heterocycles. The SMILES string of the molecule is C#CCCN[C@@H](C)c1cccs1. The number of nitrogens with one attached hydrogen (secondary N) is 1. The number of hydrogen-bond acceptors (Lipinski definition) is 2. The molecule has 1 N–H and O–H groups in total. The highest BCUT2D eigenvalue weighted by Crippen LogP contribution is 2.17. The van der Waals surface area contributed by atoms with Gasteiger partial charge in [0.15, 0.2) is 0 Å². The molecule has 0 fully saturated rings. The van der Waals surface area contributed by atoms with Crippen molar-refractivity contribution in [2.45, 2.75) is 19.4 Å². The Bertz CT molecular complexity index is 245. The summed E-state index contributed by atoms with van der Waals surface area (Å²) in [7, 11) is 0. The fraction of sp³-hybridized carbons (Fsp3) is 0.400. The zero-order valence-electron chi connectivity index (χ0n) is 7.21. The summed E-state index contributed by atoms with van der Waals surface area (Å²) in [6.07, 6.45) is 5.95. The summed E-state index contributed by atoms with van der Waals surface area (Å²) < 4.78 is 0. The molecule has 0 aliphatic rings. The lowest BCUT2D eigenvalue weighted by atomic mass is 10.2. The van der Waals surface area contributed by atoms with Gasteiger partial charge in [0.25, 0.3) is 0 Å². The first kappa shape index (κ1) is 9.31. The van der Waals surface area contributed by atoms with Crippen LogP contribution in [0.5, 0.6) is 0 Å². The van der Waals surface area contributed by atoms with E-state index < -0.39 is 0 Å². The van der Waals surface area contributed by atoms with Crippen molar-refractivity contribution in [1.82, 2.24) is 5.32 Å². The van der Waals surface area contributed by atoms with Gasteiger partial charge in [-0.1, -0.05) is 6.07 Å². The Morgan fingerprint density at radius 1 is 1.75 bits per heavy atom. The van der Waals surface area contributed by atoms with Gasteiger partial charge < -0.3 is 5.32 Å². The van der Waals surface area contributed by atoms with Gasteiger partial charge in [-0.25, -0.2) is 0 Å². The summed E-state index contributed by atoms with van der Waals surface area (Å²) >= 11 is 1.77. The molecule has 0 aromatic carbocycles. The monoisotopic (exact) mass is 179 g/mol. The van der Waals surface area contributed by atoms with Gasteiger partial charge in [-0.15, -0.1) is 23.7 Å². The maximum atomic E-state index is 5.15. The van der Waals surface area contributed by atoms with Crippen LogP contribution in [0.3, 0.4) is 0 Å². The average Bonchev–Trinajstić information content (AvgIpc) is 2.56. The minimum atomic E-state index is 0.429. The minimum absolute atomic E-state index is 0.429. The van der Waals surface area contributed by atoms with E-state index in [0.29, 0.717) is 6.04 Å². The lowest BCUT2D eigenvalue weighted by molar-refractivity contribution is 0.592. The second-order valence-corrected chi connectivity index (χ2v) is 3.62. The van der Waals surface area contributed by atoms with Crippen LogP contribution in [0.4, 0.5) is 0 Å². The van der Waals surface area contributed by atoms with Crippen molar-refractivity contribution < 1.29 is 0 Å². The van der Waals surface area contributed by atoms with Crippen LogP contribution in [0.15, 0.2) is 17.5 Å². The Labute approximate surface area is 77.8 Å². The highest BCUT2D eigenvalue weighted by Gasteiger charge is 2.03. The van der Waals surface area contributed by atoms with Crippen molar-refractivity contribution in [2.24, 2.45) is 0 Å². The normalized spacial score (nSPS) is 12.3. The van der Waals surface area contributed by atoms with Crippen LogP contribution in [-0.4, -0.2) is 6.54 Å². The first-order valence-corrected chi connectivity index (χ1v) is 4.93. The molecular weight excluding hydrogens is 166 g/mol. The zero-order valence-corrected chi connectivity index (χ0v) is 8.03. The van der Waals surface area contributed by atoms with Gasteiger partial charge in [0.1, 0.15) is 0 Å². The van der Waals surface area contributed by atoms with E-state index in [1.165, 1.54) is 4.88 Å². The molecule has 0 saturated heterocycles. The van der Waals surface area contributed by atoms with Gasteiger partial charge in [0.05, 0.1) is 0 Å². The maximum Gasteiger partial charge on any atom is 0.0386 e. The molecule has 2 heteroatoms. The first-order chi connectivity index (χ1) is 5.84. The van der Waals surface area contributed by atoms with Crippen molar-refractivity contribution in [1.29, 1.82) is 0 Å². The molecule has 1 heterocycles. The van der Waals surface area contributed by atoms with Crippen molar-refractivity contribution in [3.63, 3.8) is 0 Å². The third-order valence-electron chi connectivity index (χ3n) is 1.69. The van der Waals surface area contributed by atoms with Gasteiger partial charge >= 0.3 is 0 Å². The van der Waals surface area contributed by atoms with Crippen LogP contribution in [0.25, 0.3) is 0 Å². The van der Waals surface area contributed by atoms with E-state index in [9.17, 15) is 0 Å². The summed E-state index contributed by atoms with van der Waals surface area (Å²) in [5.74, 6) is 2.61. The molecule has 1 nitrogen and oxygen atoms in total. The largest absolute Gasteiger partial charge is 0.309 e. The van der Waals surface area contributed by atoms with Crippen molar-refractivity contribution in [3.05, 3.63) is 22.4 Å². The van der Waals surface area contributed by atoms with E-state index >= 15 is 0 Å². The molecule has 0 unspecified atom stereocenters. The topological polar surface area (TPSA) is 12.0 Å². The van der Waals surface area contributed by atoms with Crippen molar-refractivity contribution in [2.75, 3.05) is 6.54 Å². The fourth-order valence-corrected chi connectivity index (χ4v) is 1.76. The molecule has 0 bridgehead atoms. The molecule has 1 aromatic rings. The molecule has 64 valence electrons. The number of terminal acetylenes is 1. The first-order valence-electron chi connectivity index (χ1n) is 4.05. The van der Waals surface area contributed by atoms with Gasteiger partial charge in [-0.2, -0.15) is 0 Å². The van der Waals surface area contributed by atoms with E-state index in [1.54, 1.807) is 11.3 Å². The second-order valence-electron chi connectivity index (χ2n) is 2.65. The Hall–Kier alpha value is -0.780. The predicted octanol–water partition coefficient (Wildman–Crippen LogP) is 2.42. The van der Waals surface area contributed by atoms with Crippen LogP contribution >= 0.6 is 11.3 Å². The van der Waals surface area contributed by atoms with Crippen LogP contribution in [0.1, 0.15) is 24.3 Å². The molecule has 1 rings (SSSR count). The number of thiophene rings is 1. The van der Waals surface area contributed by atoms with Crippen LogP contribution in [0.2, 0.25) is 0 Å². The molecule has 12 heavy (non-hydrogen) atoms. The maximum absolute atomic E-state index is 5.15. The molecule has 1 aromatic heterocycles. The molecule has 0 saturated carbocycles. The zero-order chi connectivity index (χ0) is 8.81. The van der Waals surface area contributed by atoms with Gasteiger partial charge in [0.2, 0.25) is 0 Å². The Morgan fingerprint density at radius 2 is 2.58 bits per heavy atom. The summed E-state index contributed by atoms with van der Waals surface area (Å²) in [4.78, 5) is 1.37. The lowest BCUT2D eigenvalue weighted by Gasteiger charge is -2.09. The third kappa shape index (κ3) is 2.69.